The van der Waals surface area contributed by atoms with E-state index in [0.29, 0.717) is 16.1 Å². The first-order valence-corrected chi connectivity index (χ1v) is 8.97. The van der Waals surface area contributed by atoms with Crippen LogP contribution in [0, 0.1) is 13.8 Å². The molecule has 0 fully saturated rings. The first-order valence-electron chi connectivity index (χ1n) is 7.17. The van der Waals surface area contributed by atoms with E-state index in [2.05, 4.69) is 4.98 Å². The van der Waals surface area contributed by atoms with Crippen LogP contribution in [-0.4, -0.2) is 21.1 Å². The molecule has 0 saturated heterocycles. The van der Waals surface area contributed by atoms with Crippen molar-refractivity contribution in [3.8, 4) is 0 Å². The van der Waals surface area contributed by atoms with Crippen LogP contribution in [0.1, 0.15) is 20.8 Å². The molecule has 0 radical (unpaired) electrons. The minimum Gasteiger partial charge on any atom is -0.293 e. The third-order valence-corrected chi connectivity index (χ3v) is 5.93. The number of ketones is 1. The molecule has 23 heavy (non-hydrogen) atoms. The number of aromatic nitrogens is 2. The molecule has 6 heteroatoms. The second kappa shape index (κ2) is 6.29. The van der Waals surface area contributed by atoms with Crippen LogP contribution in [0.2, 0.25) is 0 Å². The van der Waals surface area contributed by atoms with E-state index in [4.69, 9.17) is 0 Å². The largest absolute Gasteiger partial charge is 0.293 e. The predicted molar refractivity (Wildman–Crippen MR) is 95.8 cm³/mol. The van der Waals surface area contributed by atoms with E-state index in [1.807, 2.05) is 32.0 Å². The van der Waals surface area contributed by atoms with Gasteiger partial charge >= 0.3 is 0 Å². The van der Waals surface area contributed by atoms with Crippen molar-refractivity contribution in [2.75, 3.05) is 5.75 Å². The van der Waals surface area contributed by atoms with Crippen LogP contribution in [0.5, 0.6) is 0 Å². The maximum absolute atomic E-state index is 12.5. The zero-order chi connectivity index (χ0) is 16.6. The first kappa shape index (κ1) is 16.0. The van der Waals surface area contributed by atoms with E-state index in [0.717, 1.165) is 15.3 Å². The van der Waals surface area contributed by atoms with Crippen molar-refractivity contribution in [3.05, 3.63) is 56.7 Å². The van der Waals surface area contributed by atoms with E-state index in [-0.39, 0.29) is 17.1 Å². The zero-order valence-corrected chi connectivity index (χ0v) is 14.8. The molecule has 0 aliphatic heterocycles. The summed E-state index contributed by atoms with van der Waals surface area (Å²) in [5.74, 6) is 0.294. The van der Waals surface area contributed by atoms with Gasteiger partial charge in [0.15, 0.2) is 10.9 Å². The van der Waals surface area contributed by atoms with E-state index in [1.54, 1.807) is 19.2 Å². The highest BCUT2D eigenvalue weighted by Gasteiger charge is 2.16. The number of rotatable bonds is 4. The van der Waals surface area contributed by atoms with Crippen molar-refractivity contribution in [3.63, 3.8) is 0 Å². The molecular weight excluding hydrogens is 328 g/mol. The average molecular weight is 344 g/mol. The van der Waals surface area contributed by atoms with Gasteiger partial charge in [-0.05, 0) is 19.4 Å². The van der Waals surface area contributed by atoms with Crippen LogP contribution >= 0.6 is 23.1 Å². The Kier molecular flexibility index (Phi) is 4.37. The lowest BCUT2D eigenvalue weighted by Gasteiger charge is -2.07. The number of thioether (sulfide) groups is 1. The molecule has 0 N–H and O–H groups in total. The predicted octanol–water partition coefficient (Wildman–Crippen LogP) is 3.59. The smallest absolute Gasteiger partial charge is 0.262 e. The van der Waals surface area contributed by atoms with Gasteiger partial charge in [0.25, 0.3) is 5.56 Å². The lowest BCUT2D eigenvalue weighted by molar-refractivity contribution is 0.102. The van der Waals surface area contributed by atoms with Gasteiger partial charge < -0.3 is 0 Å². The van der Waals surface area contributed by atoms with Crippen molar-refractivity contribution in [2.24, 2.45) is 7.05 Å². The van der Waals surface area contributed by atoms with E-state index in [9.17, 15) is 9.59 Å². The van der Waals surface area contributed by atoms with Crippen LogP contribution in [0.3, 0.4) is 0 Å². The van der Waals surface area contributed by atoms with E-state index >= 15 is 0 Å². The molecule has 1 aromatic carbocycles. The standard InChI is InChI=1S/C17H16N2O2S2/c1-10-11(2)23-15-14(10)16(21)19(3)17(18-15)22-9-13(20)12-7-5-4-6-8-12/h4-8H,9H2,1-3H3. The number of thiophene rings is 1. The lowest BCUT2D eigenvalue weighted by atomic mass is 10.2. The second-order valence-electron chi connectivity index (χ2n) is 5.30. The maximum atomic E-state index is 12.5. The van der Waals surface area contributed by atoms with Crippen LogP contribution in [-0.2, 0) is 7.05 Å². The van der Waals surface area contributed by atoms with Crippen molar-refractivity contribution < 1.29 is 4.79 Å². The van der Waals surface area contributed by atoms with Gasteiger partial charge in [0.2, 0.25) is 0 Å². The molecule has 3 aromatic rings. The van der Waals surface area contributed by atoms with Gasteiger partial charge in [0.05, 0.1) is 11.1 Å². The summed E-state index contributed by atoms with van der Waals surface area (Å²) < 4.78 is 1.53. The number of aryl methyl sites for hydroxylation is 2. The highest BCUT2D eigenvalue weighted by Crippen LogP contribution is 2.28. The number of benzene rings is 1. The molecule has 0 amide bonds. The van der Waals surface area contributed by atoms with Crippen molar-refractivity contribution in [1.82, 2.24) is 9.55 Å². The number of Topliss-reactive ketones (excluding diaryl/α,β-unsaturated/α-hetero) is 1. The molecular formula is C17H16N2O2S2. The quantitative estimate of drug-likeness (QED) is 0.412. The average Bonchev–Trinajstić information content (AvgIpc) is 2.84. The Labute approximate surface area is 142 Å². The summed E-state index contributed by atoms with van der Waals surface area (Å²) >= 11 is 2.83. The summed E-state index contributed by atoms with van der Waals surface area (Å²) in [6.07, 6.45) is 0. The van der Waals surface area contributed by atoms with Crippen molar-refractivity contribution >= 4 is 39.1 Å². The molecule has 118 valence electrons. The topological polar surface area (TPSA) is 52.0 Å². The van der Waals surface area contributed by atoms with Crippen molar-refractivity contribution in [2.45, 2.75) is 19.0 Å². The third-order valence-electron chi connectivity index (χ3n) is 3.80. The molecule has 2 aromatic heterocycles. The van der Waals surface area contributed by atoms with Gasteiger partial charge in [0.1, 0.15) is 4.83 Å². The molecule has 0 atom stereocenters. The number of carbonyl (C=O) groups excluding carboxylic acids is 1. The molecule has 3 rings (SSSR count). The van der Waals surface area contributed by atoms with Crippen molar-refractivity contribution in [1.29, 1.82) is 0 Å². The fourth-order valence-electron chi connectivity index (χ4n) is 2.32. The Morgan fingerprint density at radius 2 is 1.96 bits per heavy atom. The molecule has 0 bridgehead atoms. The first-order chi connectivity index (χ1) is 11.0. The minimum absolute atomic E-state index is 0.0310. The fourth-order valence-corrected chi connectivity index (χ4v) is 4.26. The number of fused-ring (bicyclic) bond motifs is 1. The number of hydrogen-bond acceptors (Lipinski definition) is 5. The Morgan fingerprint density at radius 1 is 1.26 bits per heavy atom. The highest BCUT2D eigenvalue weighted by atomic mass is 32.2. The normalized spacial score (nSPS) is 11.1. The fraction of sp³-hybridized carbons (Fsp3) is 0.235. The van der Waals surface area contributed by atoms with Crippen LogP contribution in [0.25, 0.3) is 10.2 Å². The molecule has 0 unspecified atom stereocenters. The second-order valence-corrected chi connectivity index (χ2v) is 7.45. The van der Waals surface area contributed by atoms with Crippen LogP contribution < -0.4 is 5.56 Å². The summed E-state index contributed by atoms with van der Waals surface area (Å²) in [5, 5.41) is 1.27. The molecule has 0 saturated carbocycles. The summed E-state index contributed by atoms with van der Waals surface area (Å²) in [6, 6.07) is 9.16. The maximum Gasteiger partial charge on any atom is 0.262 e. The summed E-state index contributed by atoms with van der Waals surface area (Å²) in [6.45, 7) is 3.94. The number of hydrogen-bond donors (Lipinski definition) is 0. The number of nitrogens with zero attached hydrogens (tertiary/aromatic N) is 2. The Bertz CT molecular complexity index is 943. The van der Waals surface area contributed by atoms with Gasteiger partial charge in [0, 0.05) is 17.5 Å². The SMILES string of the molecule is Cc1sc2nc(SCC(=O)c3ccccc3)n(C)c(=O)c2c1C. The number of carbonyl (C=O) groups is 1. The molecule has 0 spiro atoms. The molecule has 2 heterocycles. The summed E-state index contributed by atoms with van der Waals surface area (Å²) in [5.41, 5.74) is 1.62. The third kappa shape index (κ3) is 2.96. The van der Waals surface area contributed by atoms with Gasteiger partial charge in [-0.3, -0.25) is 14.2 Å². The van der Waals surface area contributed by atoms with Gasteiger partial charge in [-0.2, -0.15) is 0 Å². The summed E-state index contributed by atoms with van der Waals surface area (Å²) in [4.78, 5) is 31.2. The highest BCUT2D eigenvalue weighted by molar-refractivity contribution is 7.99. The Balaban J connectivity index is 1.91. The summed E-state index contributed by atoms with van der Waals surface area (Å²) in [7, 11) is 1.70. The molecule has 0 aliphatic rings. The Morgan fingerprint density at radius 3 is 2.65 bits per heavy atom. The zero-order valence-electron chi connectivity index (χ0n) is 13.1. The lowest BCUT2D eigenvalue weighted by Crippen LogP contribution is -2.20. The molecule has 0 aliphatic carbocycles. The van der Waals surface area contributed by atoms with Crippen LogP contribution in [0.4, 0.5) is 0 Å². The molecule has 4 nitrogen and oxygen atoms in total. The van der Waals surface area contributed by atoms with Gasteiger partial charge in [-0.15, -0.1) is 11.3 Å². The Hall–Kier alpha value is -1.92. The van der Waals surface area contributed by atoms with Crippen LogP contribution in [0.15, 0.2) is 40.3 Å². The van der Waals surface area contributed by atoms with E-state index < -0.39 is 0 Å². The van der Waals surface area contributed by atoms with Gasteiger partial charge in [-0.25, -0.2) is 4.98 Å². The minimum atomic E-state index is -0.0495. The van der Waals surface area contributed by atoms with Gasteiger partial charge in [-0.1, -0.05) is 42.1 Å². The van der Waals surface area contributed by atoms with E-state index in [1.165, 1.54) is 27.7 Å². The monoisotopic (exact) mass is 344 g/mol.